The van der Waals surface area contributed by atoms with E-state index in [1.54, 1.807) is 6.07 Å². The standard InChI is InChI=1S/C18H12FN/c19-14-9-10-15-16(12-14)18(13-6-2-1-3-7-13)20-11-5-4-8-17(15)20/h1-12H. The van der Waals surface area contributed by atoms with Gasteiger partial charge in [-0.05, 0) is 35.9 Å². The molecule has 96 valence electrons. The first-order valence-electron chi connectivity index (χ1n) is 6.58. The molecule has 0 saturated carbocycles. The molecule has 1 nitrogen and oxygen atoms in total. The molecule has 20 heavy (non-hydrogen) atoms. The number of hydrogen-bond acceptors (Lipinski definition) is 0. The minimum absolute atomic E-state index is 0.203. The lowest BCUT2D eigenvalue weighted by molar-refractivity contribution is 0.630. The molecule has 2 heterocycles. The van der Waals surface area contributed by atoms with Gasteiger partial charge in [0, 0.05) is 17.0 Å². The van der Waals surface area contributed by atoms with Crippen molar-refractivity contribution in [3.63, 3.8) is 0 Å². The maximum atomic E-state index is 13.7. The molecule has 2 aromatic heterocycles. The van der Waals surface area contributed by atoms with Crippen molar-refractivity contribution in [2.75, 3.05) is 0 Å². The number of halogens is 1. The van der Waals surface area contributed by atoms with E-state index in [2.05, 4.69) is 22.6 Å². The summed E-state index contributed by atoms with van der Waals surface area (Å²) in [6.45, 7) is 0. The van der Waals surface area contributed by atoms with Crippen molar-refractivity contribution in [2.24, 2.45) is 0 Å². The van der Waals surface area contributed by atoms with Crippen molar-refractivity contribution < 1.29 is 4.39 Å². The van der Waals surface area contributed by atoms with E-state index < -0.39 is 0 Å². The van der Waals surface area contributed by atoms with Crippen LogP contribution in [0, 0.1) is 5.82 Å². The zero-order valence-electron chi connectivity index (χ0n) is 10.8. The van der Waals surface area contributed by atoms with Crippen molar-refractivity contribution in [3.05, 3.63) is 78.7 Å². The van der Waals surface area contributed by atoms with Gasteiger partial charge < -0.3 is 4.40 Å². The first-order chi connectivity index (χ1) is 9.84. The summed E-state index contributed by atoms with van der Waals surface area (Å²) in [5.74, 6) is -0.203. The summed E-state index contributed by atoms with van der Waals surface area (Å²) in [6.07, 6.45) is 2.02. The van der Waals surface area contributed by atoms with Crippen LogP contribution in [0.1, 0.15) is 0 Å². The van der Waals surface area contributed by atoms with E-state index in [1.165, 1.54) is 6.07 Å². The van der Waals surface area contributed by atoms with Crippen LogP contribution in [0.3, 0.4) is 0 Å². The number of benzene rings is 2. The molecule has 0 aliphatic rings. The van der Waals surface area contributed by atoms with E-state index in [-0.39, 0.29) is 5.82 Å². The number of nitrogens with zero attached hydrogens (tertiary/aromatic N) is 1. The van der Waals surface area contributed by atoms with Crippen LogP contribution in [-0.2, 0) is 0 Å². The summed E-state index contributed by atoms with van der Waals surface area (Å²) >= 11 is 0. The molecule has 0 radical (unpaired) electrons. The molecule has 0 spiro atoms. The smallest absolute Gasteiger partial charge is 0.123 e. The van der Waals surface area contributed by atoms with Crippen LogP contribution in [0.4, 0.5) is 4.39 Å². The highest BCUT2D eigenvalue weighted by Gasteiger charge is 2.13. The summed E-state index contributed by atoms with van der Waals surface area (Å²) in [5, 5.41) is 2.02. The molecule has 2 heteroatoms. The van der Waals surface area contributed by atoms with Gasteiger partial charge in [0.05, 0.1) is 11.2 Å². The van der Waals surface area contributed by atoms with Crippen LogP contribution >= 0.6 is 0 Å². The Labute approximate surface area is 115 Å². The Balaban J connectivity index is 2.23. The minimum Gasteiger partial charge on any atom is -0.315 e. The predicted molar refractivity (Wildman–Crippen MR) is 80.3 cm³/mol. The Kier molecular flexibility index (Phi) is 2.36. The Bertz CT molecular complexity index is 907. The number of pyridine rings is 1. The average Bonchev–Trinajstić information content (AvgIpc) is 2.81. The normalized spacial score (nSPS) is 11.2. The summed E-state index contributed by atoms with van der Waals surface area (Å²) in [6, 6.07) is 21.2. The van der Waals surface area contributed by atoms with E-state index in [9.17, 15) is 4.39 Å². The van der Waals surface area contributed by atoms with E-state index in [1.807, 2.05) is 42.6 Å². The minimum atomic E-state index is -0.203. The Morgan fingerprint density at radius 2 is 1.55 bits per heavy atom. The average molecular weight is 261 g/mol. The van der Waals surface area contributed by atoms with Crippen LogP contribution in [0.25, 0.3) is 27.5 Å². The second kappa shape index (κ2) is 4.20. The van der Waals surface area contributed by atoms with Crippen LogP contribution in [0.5, 0.6) is 0 Å². The number of fused-ring (bicyclic) bond motifs is 3. The molecule has 0 saturated heterocycles. The van der Waals surface area contributed by atoms with E-state index >= 15 is 0 Å². The first kappa shape index (κ1) is 11.2. The third kappa shape index (κ3) is 1.55. The molecule has 0 bridgehead atoms. The highest BCUT2D eigenvalue weighted by Crippen LogP contribution is 2.34. The summed E-state index contributed by atoms with van der Waals surface area (Å²) in [4.78, 5) is 0. The maximum Gasteiger partial charge on any atom is 0.123 e. The predicted octanol–water partition coefficient (Wildman–Crippen LogP) is 4.90. The number of hydrogen-bond donors (Lipinski definition) is 0. The lowest BCUT2D eigenvalue weighted by atomic mass is 10.1. The molecule has 4 aromatic rings. The van der Waals surface area contributed by atoms with E-state index in [0.717, 1.165) is 27.5 Å². The van der Waals surface area contributed by atoms with Crippen molar-refractivity contribution in [1.29, 1.82) is 0 Å². The number of rotatable bonds is 1. The molecule has 0 N–H and O–H groups in total. The van der Waals surface area contributed by atoms with Gasteiger partial charge in [-0.3, -0.25) is 0 Å². The highest BCUT2D eigenvalue weighted by atomic mass is 19.1. The van der Waals surface area contributed by atoms with Crippen LogP contribution < -0.4 is 0 Å². The van der Waals surface area contributed by atoms with Gasteiger partial charge in [-0.25, -0.2) is 4.39 Å². The van der Waals surface area contributed by atoms with Crippen molar-refractivity contribution >= 4 is 16.3 Å². The van der Waals surface area contributed by atoms with Crippen molar-refractivity contribution in [2.45, 2.75) is 0 Å². The van der Waals surface area contributed by atoms with Gasteiger partial charge in [-0.15, -0.1) is 0 Å². The Morgan fingerprint density at radius 3 is 2.40 bits per heavy atom. The van der Waals surface area contributed by atoms with Gasteiger partial charge in [0.15, 0.2) is 0 Å². The van der Waals surface area contributed by atoms with Gasteiger partial charge in [0.2, 0.25) is 0 Å². The third-order valence-corrected chi connectivity index (χ3v) is 3.66. The lowest BCUT2D eigenvalue weighted by Crippen LogP contribution is -1.86. The monoisotopic (exact) mass is 261 g/mol. The third-order valence-electron chi connectivity index (χ3n) is 3.66. The lowest BCUT2D eigenvalue weighted by Gasteiger charge is -2.03. The molecule has 0 atom stereocenters. The van der Waals surface area contributed by atoms with Gasteiger partial charge in [0.1, 0.15) is 5.82 Å². The summed E-state index contributed by atoms with van der Waals surface area (Å²) in [5.41, 5.74) is 3.23. The Hall–Kier alpha value is -2.61. The fourth-order valence-corrected chi connectivity index (χ4v) is 2.81. The Morgan fingerprint density at radius 1 is 0.750 bits per heavy atom. The molecule has 0 amide bonds. The fourth-order valence-electron chi connectivity index (χ4n) is 2.81. The number of aromatic nitrogens is 1. The molecule has 0 aliphatic carbocycles. The molecular weight excluding hydrogens is 249 g/mol. The van der Waals surface area contributed by atoms with Crippen molar-refractivity contribution in [3.8, 4) is 11.3 Å². The van der Waals surface area contributed by atoms with Gasteiger partial charge in [0.25, 0.3) is 0 Å². The maximum absolute atomic E-state index is 13.7. The van der Waals surface area contributed by atoms with Crippen LogP contribution in [-0.4, -0.2) is 4.40 Å². The molecular formula is C18H12FN. The summed E-state index contributed by atoms with van der Waals surface area (Å²) < 4.78 is 15.8. The van der Waals surface area contributed by atoms with E-state index in [0.29, 0.717) is 0 Å². The van der Waals surface area contributed by atoms with Gasteiger partial charge >= 0.3 is 0 Å². The molecule has 4 rings (SSSR count). The molecule has 2 aromatic carbocycles. The van der Waals surface area contributed by atoms with E-state index in [4.69, 9.17) is 0 Å². The fraction of sp³-hybridized carbons (Fsp3) is 0. The largest absolute Gasteiger partial charge is 0.315 e. The van der Waals surface area contributed by atoms with Gasteiger partial charge in [-0.2, -0.15) is 0 Å². The van der Waals surface area contributed by atoms with Crippen LogP contribution in [0.15, 0.2) is 72.9 Å². The van der Waals surface area contributed by atoms with Crippen molar-refractivity contribution in [1.82, 2.24) is 4.40 Å². The SMILES string of the molecule is Fc1ccc2c(c1)c(-c1ccccc1)n1ccccc21. The van der Waals surface area contributed by atoms with Crippen LogP contribution in [0.2, 0.25) is 0 Å². The topological polar surface area (TPSA) is 4.41 Å². The molecule has 0 aliphatic heterocycles. The molecule has 0 fully saturated rings. The highest BCUT2D eigenvalue weighted by molar-refractivity contribution is 6.06. The van der Waals surface area contributed by atoms with Gasteiger partial charge in [-0.1, -0.05) is 36.4 Å². The zero-order valence-corrected chi connectivity index (χ0v) is 10.8. The molecule has 0 unspecified atom stereocenters. The zero-order chi connectivity index (χ0) is 13.5. The second-order valence-electron chi connectivity index (χ2n) is 4.86. The first-order valence-corrected chi connectivity index (χ1v) is 6.58. The second-order valence-corrected chi connectivity index (χ2v) is 4.86. The quantitative estimate of drug-likeness (QED) is 0.459. The summed E-state index contributed by atoms with van der Waals surface area (Å²) in [7, 11) is 0.